The molecule has 16 heavy (non-hydrogen) atoms. The fourth-order valence-electron chi connectivity index (χ4n) is 1.43. The monoisotopic (exact) mass is 276 g/mol. The predicted molar refractivity (Wildman–Crippen MR) is 62.8 cm³/mol. The topological polar surface area (TPSA) is 49.8 Å². The van der Waals surface area contributed by atoms with Crippen molar-refractivity contribution >= 4 is 15.9 Å². The van der Waals surface area contributed by atoms with Crippen LogP contribution in [0.15, 0.2) is 39.4 Å². The van der Waals surface area contributed by atoms with Crippen molar-refractivity contribution in [1.29, 1.82) is 5.26 Å². The molecule has 3 nitrogen and oxygen atoms in total. The molecule has 0 spiro atoms. The van der Waals surface area contributed by atoms with Gasteiger partial charge >= 0.3 is 0 Å². The van der Waals surface area contributed by atoms with Crippen LogP contribution in [0.4, 0.5) is 0 Å². The number of benzene rings is 1. The van der Waals surface area contributed by atoms with Gasteiger partial charge in [0, 0.05) is 4.47 Å². The molecule has 0 amide bonds. The van der Waals surface area contributed by atoms with Gasteiger partial charge in [0.2, 0.25) is 5.89 Å². The summed E-state index contributed by atoms with van der Waals surface area (Å²) in [5.74, 6) is 0.719. The van der Waals surface area contributed by atoms with Crippen molar-refractivity contribution in [3.05, 3.63) is 52.1 Å². The summed E-state index contributed by atoms with van der Waals surface area (Å²) in [5, 5.41) is 9.15. The van der Waals surface area contributed by atoms with Gasteiger partial charge in [0.1, 0.15) is 11.7 Å². The highest BCUT2D eigenvalue weighted by Gasteiger charge is 2.18. The van der Waals surface area contributed by atoms with Crippen LogP contribution in [0.5, 0.6) is 0 Å². The third kappa shape index (κ3) is 2.15. The van der Waals surface area contributed by atoms with E-state index < -0.39 is 5.92 Å². The van der Waals surface area contributed by atoms with Crippen LogP contribution in [-0.2, 0) is 0 Å². The zero-order valence-corrected chi connectivity index (χ0v) is 10.2. The molecule has 0 aliphatic carbocycles. The van der Waals surface area contributed by atoms with Gasteiger partial charge in [0.25, 0.3) is 0 Å². The first-order valence-electron chi connectivity index (χ1n) is 4.78. The lowest BCUT2D eigenvalue weighted by molar-refractivity contribution is 0.470. The summed E-state index contributed by atoms with van der Waals surface area (Å²) >= 11 is 3.35. The second-order valence-corrected chi connectivity index (χ2v) is 4.34. The number of oxazole rings is 1. The fraction of sp³-hybridized carbons (Fsp3) is 0.167. The third-order valence-corrected chi connectivity index (χ3v) is 2.75. The van der Waals surface area contributed by atoms with Crippen molar-refractivity contribution in [3.8, 4) is 6.07 Å². The Bertz CT molecular complexity index is 525. The van der Waals surface area contributed by atoms with Crippen LogP contribution in [0.2, 0.25) is 0 Å². The van der Waals surface area contributed by atoms with Crippen molar-refractivity contribution in [3.63, 3.8) is 0 Å². The molecule has 0 N–H and O–H groups in total. The summed E-state index contributed by atoms with van der Waals surface area (Å²) in [6.45, 7) is 1.81. The average molecular weight is 277 g/mol. The highest BCUT2D eigenvalue weighted by Crippen LogP contribution is 2.24. The molecule has 1 unspecified atom stereocenters. The molecule has 0 bridgehead atoms. The summed E-state index contributed by atoms with van der Waals surface area (Å²) in [7, 11) is 0. The first-order valence-corrected chi connectivity index (χ1v) is 5.57. The van der Waals surface area contributed by atoms with Gasteiger partial charge in [0.15, 0.2) is 0 Å². The molecule has 0 aliphatic rings. The summed E-state index contributed by atoms with van der Waals surface area (Å²) in [5.41, 5.74) is 0.882. The molecule has 4 heteroatoms. The number of aryl methyl sites for hydroxylation is 1. The molecule has 0 fully saturated rings. The maximum absolute atomic E-state index is 9.15. The van der Waals surface area contributed by atoms with Gasteiger partial charge in [-0.1, -0.05) is 28.1 Å². The highest BCUT2D eigenvalue weighted by molar-refractivity contribution is 9.10. The Morgan fingerprint density at radius 1 is 1.38 bits per heavy atom. The molecule has 0 saturated heterocycles. The van der Waals surface area contributed by atoms with E-state index in [2.05, 4.69) is 27.0 Å². The Balaban J connectivity index is 2.37. The van der Waals surface area contributed by atoms with Crippen molar-refractivity contribution < 1.29 is 4.42 Å². The second kappa shape index (κ2) is 4.50. The van der Waals surface area contributed by atoms with Crippen LogP contribution in [0.3, 0.4) is 0 Å². The van der Waals surface area contributed by atoms with E-state index in [0.717, 1.165) is 10.0 Å². The lowest BCUT2D eigenvalue weighted by atomic mass is 10.0. The standard InChI is InChI=1S/C12H9BrN2O/c1-8-7-15-12(16-8)11(6-14)9-2-4-10(13)5-3-9/h2-5,7,11H,1H3. The van der Waals surface area contributed by atoms with Crippen molar-refractivity contribution in [2.24, 2.45) is 0 Å². The van der Waals surface area contributed by atoms with Gasteiger partial charge in [0.05, 0.1) is 12.3 Å². The Hall–Kier alpha value is -1.60. The van der Waals surface area contributed by atoms with Crippen LogP contribution in [0, 0.1) is 18.3 Å². The molecule has 80 valence electrons. The number of hydrogen-bond donors (Lipinski definition) is 0. The number of rotatable bonds is 2. The maximum Gasteiger partial charge on any atom is 0.216 e. The molecule has 1 atom stereocenters. The van der Waals surface area contributed by atoms with E-state index in [0.29, 0.717) is 11.7 Å². The molecule has 0 radical (unpaired) electrons. The van der Waals surface area contributed by atoms with Gasteiger partial charge < -0.3 is 4.42 Å². The normalized spacial score (nSPS) is 12.1. The lowest BCUT2D eigenvalue weighted by Gasteiger charge is -2.04. The first kappa shape index (κ1) is 10.9. The molecular weight excluding hydrogens is 268 g/mol. The van der Waals surface area contributed by atoms with E-state index in [1.54, 1.807) is 6.20 Å². The van der Waals surface area contributed by atoms with Crippen LogP contribution < -0.4 is 0 Å². The molecule has 0 saturated carbocycles. The van der Waals surface area contributed by atoms with Crippen molar-refractivity contribution in [2.75, 3.05) is 0 Å². The van der Waals surface area contributed by atoms with Gasteiger partial charge in [-0.2, -0.15) is 5.26 Å². The van der Waals surface area contributed by atoms with Gasteiger partial charge in [-0.15, -0.1) is 0 Å². The Morgan fingerprint density at radius 2 is 2.06 bits per heavy atom. The number of halogens is 1. The SMILES string of the molecule is Cc1cnc(C(C#N)c2ccc(Br)cc2)o1. The van der Waals surface area contributed by atoms with E-state index in [9.17, 15) is 0 Å². The summed E-state index contributed by atoms with van der Waals surface area (Å²) in [4.78, 5) is 4.08. The Labute approximate surface area is 102 Å². The minimum absolute atomic E-state index is 0.443. The lowest BCUT2D eigenvalue weighted by Crippen LogP contribution is -1.97. The quantitative estimate of drug-likeness (QED) is 0.845. The summed E-state index contributed by atoms with van der Waals surface area (Å²) in [6.07, 6.45) is 1.62. The van der Waals surface area contributed by atoms with E-state index in [4.69, 9.17) is 9.68 Å². The van der Waals surface area contributed by atoms with Crippen molar-refractivity contribution in [1.82, 2.24) is 4.98 Å². The van der Waals surface area contributed by atoms with E-state index in [1.165, 1.54) is 0 Å². The molecule has 2 aromatic rings. The predicted octanol–water partition coefficient (Wildman–Crippen LogP) is 3.40. The van der Waals surface area contributed by atoms with Crippen LogP contribution in [0.1, 0.15) is 23.1 Å². The number of nitrogens with zero attached hydrogens (tertiary/aromatic N) is 2. The molecule has 1 aromatic heterocycles. The zero-order chi connectivity index (χ0) is 11.5. The summed E-state index contributed by atoms with van der Waals surface area (Å²) < 4.78 is 6.36. The molecule has 2 rings (SSSR count). The van der Waals surface area contributed by atoms with E-state index in [1.807, 2.05) is 31.2 Å². The Kier molecular flexibility index (Phi) is 3.07. The fourth-order valence-corrected chi connectivity index (χ4v) is 1.70. The molecular formula is C12H9BrN2O. The molecule has 1 aromatic carbocycles. The minimum atomic E-state index is -0.443. The van der Waals surface area contributed by atoms with Gasteiger partial charge in [-0.3, -0.25) is 0 Å². The zero-order valence-electron chi connectivity index (χ0n) is 8.64. The average Bonchev–Trinajstić information content (AvgIpc) is 2.69. The Morgan fingerprint density at radius 3 is 2.56 bits per heavy atom. The molecule has 0 aliphatic heterocycles. The van der Waals surface area contributed by atoms with Crippen molar-refractivity contribution in [2.45, 2.75) is 12.8 Å². The van der Waals surface area contributed by atoms with Gasteiger partial charge in [-0.25, -0.2) is 4.98 Å². The number of aromatic nitrogens is 1. The second-order valence-electron chi connectivity index (χ2n) is 3.42. The van der Waals surface area contributed by atoms with E-state index in [-0.39, 0.29) is 0 Å². The third-order valence-electron chi connectivity index (χ3n) is 2.22. The molecule has 1 heterocycles. The smallest absolute Gasteiger partial charge is 0.216 e. The van der Waals surface area contributed by atoms with Crippen LogP contribution >= 0.6 is 15.9 Å². The number of hydrogen-bond acceptors (Lipinski definition) is 3. The first-order chi connectivity index (χ1) is 7.70. The highest BCUT2D eigenvalue weighted by atomic mass is 79.9. The van der Waals surface area contributed by atoms with Crippen LogP contribution in [-0.4, -0.2) is 4.98 Å². The van der Waals surface area contributed by atoms with Crippen LogP contribution in [0.25, 0.3) is 0 Å². The summed E-state index contributed by atoms with van der Waals surface area (Å²) in [6, 6.07) is 9.77. The number of nitriles is 1. The van der Waals surface area contributed by atoms with E-state index >= 15 is 0 Å². The maximum atomic E-state index is 9.15. The van der Waals surface area contributed by atoms with Gasteiger partial charge in [-0.05, 0) is 24.6 Å². The minimum Gasteiger partial charge on any atom is -0.444 e. The largest absolute Gasteiger partial charge is 0.444 e.